The molecule has 1 fully saturated rings. The summed E-state index contributed by atoms with van der Waals surface area (Å²) < 4.78 is 5.34. The predicted octanol–water partition coefficient (Wildman–Crippen LogP) is 2.18. The highest BCUT2D eigenvalue weighted by molar-refractivity contribution is 5.98. The van der Waals surface area contributed by atoms with Crippen LogP contribution in [0.5, 0.6) is 0 Å². The van der Waals surface area contributed by atoms with Gasteiger partial charge in [0.25, 0.3) is 11.8 Å². The number of carbonyl (C=O) groups is 3. The molecule has 0 aromatic heterocycles. The Balaban J connectivity index is 1.98. The zero-order valence-corrected chi connectivity index (χ0v) is 14.5. The van der Waals surface area contributed by atoms with E-state index in [0.717, 1.165) is 6.42 Å². The highest BCUT2D eigenvalue weighted by Gasteiger charge is 2.24. The molecule has 1 atom stereocenters. The van der Waals surface area contributed by atoms with Crippen LogP contribution in [0.1, 0.15) is 49.9 Å². The molecule has 0 aliphatic carbocycles. The normalized spacial score (nSPS) is 17.1. The number of nitrogens with one attached hydrogen (secondary N) is 2. The minimum absolute atomic E-state index is 0.0231. The minimum Gasteiger partial charge on any atom is -0.481 e. The Bertz CT molecular complexity index is 651. The Hall–Kier alpha value is -2.41. The molecule has 1 aliphatic heterocycles. The number of rotatable bonds is 7. The second-order valence-corrected chi connectivity index (χ2v) is 6.80. The molecule has 3 N–H and O–H groups in total. The van der Waals surface area contributed by atoms with E-state index in [4.69, 9.17) is 9.84 Å². The lowest BCUT2D eigenvalue weighted by molar-refractivity contribution is -0.137. The van der Waals surface area contributed by atoms with Crippen molar-refractivity contribution in [3.63, 3.8) is 0 Å². The van der Waals surface area contributed by atoms with Crippen LogP contribution < -0.4 is 10.6 Å². The molecule has 7 heteroatoms. The van der Waals surface area contributed by atoms with Gasteiger partial charge in [-0.25, -0.2) is 0 Å². The SMILES string of the molecule is CC(C)(CCC(=O)O)NC(=O)c1cccc(NC(=O)C2CCCO2)c1. The Morgan fingerprint density at radius 2 is 2.08 bits per heavy atom. The maximum atomic E-state index is 12.4. The summed E-state index contributed by atoms with van der Waals surface area (Å²) >= 11 is 0. The number of benzene rings is 1. The van der Waals surface area contributed by atoms with E-state index in [1.165, 1.54) is 0 Å². The molecule has 1 aliphatic rings. The van der Waals surface area contributed by atoms with Crippen LogP contribution in [0.3, 0.4) is 0 Å². The molecule has 0 radical (unpaired) electrons. The van der Waals surface area contributed by atoms with Gasteiger partial charge in [-0.1, -0.05) is 6.07 Å². The van der Waals surface area contributed by atoms with E-state index >= 15 is 0 Å². The molecular weight excluding hydrogens is 324 g/mol. The van der Waals surface area contributed by atoms with Gasteiger partial charge < -0.3 is 20.5 Å². The van der Waals surface area contributed by atoms with Gasteiger partial charge in [0.2, 0.25) is 0 Å². The van der Waals surface area contributed by atoms with Crippen molar-refractivity contribution in [1.82, 2.24) is 5.32 Å². The smallest absolute Gasteiger partial charge is 0.303 e. The Morgan fingerprint density at radius 3 is 2.72 bits per heavy atom. The highest BCUT2D eigenvalue weighted by atomic mass is 16.5. The maximum Gasteiger partial charge on any atom is 0.303 e. The lowest BCUT2D eigenvalue weighted by atomic mass is 9.97. The molecule has 0 bridgehead atoms. The van der Waals surface area contributed by atoms with Crippen LogP contribution in [-0.4, -0.2) is 41.1 Å². The van der Waals surface area contributed by atoms with Crippen molar-refractivity contribution in [2.24, 2.45) is 0 Å². The second-order valence-electron chi connectivity index (χ2n) is 6.80. The number of hydrogen-bond donors (Lipinski definition) is 3. The van der Waals surface area contributed by atoms with Gasteiger partial charge in [-0.15, -0.1) is 0 Å². The number of anilines is 1. The Kier molecular flexibility index (Phi) is 6.14. The second kappa shape index (κ2) is 8.11. The molecule has 0 spiro atoms. The van der Waals surface area contributed by atoms with E-state index in [-0.39, 0.29) is 18.2 Å². The zero-order chi connectivity index (χ0) is 18.4. The van der Waals surface area contributed by atoms with Crippen LogP contribution in [0, 0.1) is 0 Å². The van der Waals surface area contributed by atoms with Crippen molar-refractivity contribution in [3.05, 3.63) is 29.8 Å². The summed E-state index contributed by atoms with van der Waals surface area (Å²) in [6, 6.07) is 6.63. The molecule has 1 aromatic rings. The monoisotopic (exact) mass is 348 g/mol. The van der Waals surface area contributed by atoms with E-state index in [9.17, 15) is 14.4 Å². The third-order valence-corrected chi connectivity index (χ3v) is 4.03. The molecule has 2 amide bonds. The minimum atomic E-state index is -0.902. The van der Waals surface area contributed by atoms with Crippen LogP contribution >= 0.6 is 0 Å². The molecule has 2 rings (SSSR count). The van der Waals surface area contributed by atoms with Crippen molar-refractivity contribution < 1.29 is 24.2 Å². The van der Waals surface area contributed by atoms with Crippen molar-refractivity contribution >= 4 is 23.5 Å². The number of carboxylic acid groups (broad SMARTS) is 1. The molecular formula is C18H24N2O5. The maximum absolute atomic E-state index is 12.4. The summed E-state index contributed by atoms with van der Waals surface area (Å²) in [5, 5.41) is 14.4. The van der Waals surface area contributed by atoms with Gasteiger partial charge >= 0.3 is 5.97 Å². The number of hydrogen-bond acceptors (Lipinski definition) is 4. The van der Waals surface area contributed by atoms with Gasteiger partial charge in [-0.3, -0.25) is 14.4 Å². The fourth-order valence-electron chi connectivity index (χ4n) is 2.61. The summed E-state index contributed by atoms with van der Waals surface area (Å²) in [5.41, 5.74) is 0.275. The third-order valence-electron chi connectivity index (χ3n) is 4.03. The Labute approximate surface area is 146 Å². The first-order valence-electron chi connectivity index (χ1n) is 8.34. The van der Waals surface area contributed by atoms with Crippen LogP contribution in [0.2, 0.25) is 0 Å². The number of ether oxygens (including phenoxy) is 1. The lowest BCUT2D eigenvalue weighted by Gasteiger charge is -2.25. The molecule has 7 nitrogen and oxygen atoms in total. The first kappa shape index (κ1) is 18.9. The standard InChI is InChI=1S/C18H24N2O5/c1-18(2,9-8-15(21)22)20-16(23)12-5-3-6-13(11-12)19-17(24)14-7-4-10-25-14/h3,5-6,11,14H,4,7-10H2,1-2H3,(H,19,24)(H,20,23)(H,21,22). The van der Waals surface area contributed by atoms with Crippen LogP contribution in [0.25, 0.3) is 0 Å². The molecule has 0 saturated carbocycles. The van der Waals surface area contributed by atoms with Crippen LogP contribution in [-0.2, 0) is 14.3 Å². The fraction of sp³-hybridized carbons (Fsp3) is 0.500. The van der Waals surface area contributed by atoms with Crippen molar-refractivity contribution in [3.8, 4) is 0 Å². The van der Waals surface area contributed by atoms with Gasteiger partial charge in [-0.2, -0.15) is 0 Å². The molecule has 136 valence electrons. The quantitative estimate of drug-likeness (QED) is 0.700. The van der Waals surface area contributed by atoms with Gasteiger partial charge in [0.15, 0.2) is 0 Å². The summed E-state index contributed by atoms with van der Waals surface area (Å²) in [5.74, 6) is -1.43. The average Bonchev–Trinajstić information content (AvgIpc) is 3.07. The highest BCUT2D eigenvalue weighted by Crippen LogP contribution is 2.17. The van der Waals surface area contributed by atoms with Gasteiger partial charge in [0.05, 0.1) is 0 Å². The fourth-order valence-corrected chi connectivity index (χ4v) is 2.61. The third kappa shape index (κ3) is 5.86. The van der Waals surface area contributed by atoms with Crippen molar-refractivity contribution in [2.45, 2.75) is 51.2 Å². The largest absolute Gasteiger partial charge is 0.481 e. The van der Waals surface area contributed by atoms with Gasteiger partial charge in [-0.05, 0) is 51.3 Å². The zero-order valence-electron chi connectivity index (χ0n) is 14.5. The van der Waals surface area contributed by atoms with Crippen molar-refractivity contribution in [1.29, 1.82) is 0 Å². The average molecular weight is 348 g/mol. The Morgan fingerprint density at radius 1 is 1.32 bits per heavy atom. The number of carbonyl (C=O) groups excluding carboxylic acids is 2. The molecule has 1 saturated heterocycles. The molecule has 1 unspecified atom stereocenters. The topological polar surface area (TPSA) is 105 Å². The van der Waals surface area contributed by atoms with E-state index < -0.39 is 17.6 Å². The number of amides is 2. The van der Waals surface area contributed by atoms with Crippen LogP contribution in [0.15, 0.2) is 24.3 Å². The summed E-state index contributed by atoms with van der Waals surface area (Å²) in [6.07, 6.45) is 1.43. The van der Waals surface area contributed by atoms with E-state index in [1.54, 1.807) is 38.1 Å². The van der Waals surface area contributed by atoms with E-state index in [1.807, 2.05) is 0 Å². The first-order chi connectivity index (χ1) is 11.8. The van der Waals surface area contributed by atoms with E-state index in [2.05, 4.69) is 10.6 Å². The molecule has 25 heavy (non-hydrogen) atoms. The molecule has 1 heterocycles. The van der Waals surface area contributed by atoms with Crippen LogP contribution in [0.4, 0.5) is 5.69 Å². The first-order valence-corrected chi connectivity index (χ1v) is 8.34. The summed E-state index contributed by atoms with van der Waals surface area (Å²) in [4.78, 5) is 35.2. The van der Waals surface area contributed by atoms with Crippen molar-refractivity contribution in [2.75, 3.05) is 11.9 Å². The van der Waals surface area contributed by atoms with Gasteiger partial charge in [0, 0.05) is 29.8 Å². The lowest BCUT2D eigenvalue weighted by Crippen LogP contribution is -2.43. The van der Waals surface area contributed by atoms with E-state index in [0.29, 0.717) is 30.7 Å². The number of aliphatic carboxylic acids is 1. The van der Waals surface area contributed by atoms with Gasteiger partial charge in [0.1, 0.15) is 6.10 Å². The number of carboxylic acids is 1. The summed E-state index contributed by atoms with van der Waals surface area (Å²) in [6.45, 7) is 4.14. The molecule has 1 aromatic carbocycles. The predicted molar refractivity (Wildman–Crippen MR) is 92.5 cm³/mol. The summed E-state index contributed by atoms with van der Waals surface area (Å²) in [7, 11) is 0.